The number of hydrogen-bond acceptors (Lipinski definition) is 0. The van der Waals surface area contributed by atoms with Crippen molar-refractivity contribution in [3.05, 3.63) is 209 Å². The number of halogens is 2. The molecule has 0 saturated heterocycles. The second-order valence-corrected chi connectivity index (χ2v) is 60.0. The molecule has 0 N–H and O–H groups in total. The van der Waals surface area contributed by atoms with Crippen molar-refractivity contribution in [1.29, 1.82) is 0 Å². The molecule has 0 heterocycles. The van der Waals surface area contributed by atoms with Crippen molar-refractivity contribution < 1.29 is 15.6 Å². The Hall–Kier alpha value is -4.82. The molecule has 0 amide bonds. The Labute approximate surface area is 361 Å². The molecule has 0 fully saturated rings. The quantitative estimate of drug-likeness (QED) is 0.115. The van der Waals surface area contributed by atoms with E-state index in [2.05, 4.69) is 209 Å². The Morgan fingerprint density at radius 3 is 1.60 bits per heavy atom. The minimum absolute atomic E-state index is 0.0391. The first kappa shape index (κ1) is 38.1. The molecule has 9 aromatic rings. The Balaban J connectivity index is 1.20. The van der Waals surface area contributed by atoms with Crippen molar-refractivity contribution in [1.82, 2.24) is 0 Å². The summed E-state index contributed by atoms with van der Waals surface area (Å²) in [5.41, 5.74) is 15.2. The van der Waals surface area contributed by atoms with Crippen molar-refractivity contribution in [2.24, 2.45) is 0 Å². The third kappa shape index (κ3) is 5.51. The molecular weight excluding hydrogens is 863 g/mol. The zero-order valence-corrected chi connectivity index (χ0v) is 39.4. The summed E-state index contributed by atoms with van der Waals surface area (Å²) in [6.07, 6.45) is 4.96. The fourth-order valence-corrected chi connectivity index (χ4v) is 42.8. The van der Waals surface area contributed by atoms with Gasteiger partial charge >= 0.3 is 365 Å². The average molecular weight is 908 g/mol. The fraction of sp³-hybridized carbons (Fsp3) is 0.107. The van der Waals surface area contributed by atoms with Crippen molar-refractivity contribution in [2.45, 2.75) is 34.2 Å². The van der Waals surface area contributed by atoms with Crippen LogP contribution in [0.5, 0.6) is 0 Å². The molecule has 0 nitrogen and oxygen atoms in total. The van der Waals surface area contributed by atoms with Gasteiger partial charge in [-0.1, -0.05) is 0 Å². The van der Waals surface area contributed by atoms with Gasteiger partial charge in [-0.25, -0.2) is 0 Å². The third-order valence-corrected chi connectivity index (χ3v) is 66.0. The van der Waals surface area contributed by atoms with Gasteiger partial charge in [-0.15, -0.1) is 0 Å². The van der Waals surface area contributed by atoms with E-state index in [0.717, 1.165) is 0 Å². The van der Waals surface area contributed by atoms with Crippen molar-refractivity contribution in [3.63, 3.8) is 0 Å². The van der Waals surface area contributed by atoms with Crippen LogP contribution in [0.1, 0.15) is 47.6 Å². The monoisotopic (exact) mass is 905 g/mol. The first-order valence-electron chi connectivity index (χ1n) is 21.2. The number of rotatable bonds is 6. The molecule has 60 heavy (non-hydrogen) atoms. The maximum atomic E-state index is 9.10. The Kier molecular flexibility index (Phi) is 8.97. The van der Waals surface area contributed by atoms with Crippen LogP contribution in [-0.4, -0.2) is 5.92 Å². The molecule has 0 bridgehead atoms. The molecule has 0 radical (unpaired) electrons. The van der Waals surface area contributed by atoms with Crippen LogP contribution < -0.4 is 0 Å². The molecule has 0 saturated carbocycles. The Bertz CT molecular complexity index is 3330. The maximum absolute atomic E-state index is 9.10. The van der Waals surface area contributed by atoms with Crippen LogP contribution in [0.3, 0.4) is 0 Å². The molecule has 2 atom stereocenters. The van der Waals surface area contributed by atoms with Crippen LogP contribution in [-0.2, 0) is 15.6 Å². The summed E-state index contributed by atoms with van der Waals surface area (Å²) in [6, 6.07) is 62.7. The average Bonchev–Trinajstić information content (AvgIpc) is 3.86. The summed E-state index contributed by atoms with van der Waals surface area (Å²) < 4.78 is -0.161. The van der Waals surface area contributed by atoms with Crippen LogP contribution >= 0.6 is 17.0 Å². The standard InChI is InChI=1S/C33H21.C21H17.C2H7Si.2ClH.Zr/c1-3-12-26-22(8-1)10-5-15-29(26)31-16-6-11-24-20-25(21-33(24)31)28-14-7-17-30-27-13-4-2-9-23(27)18-19-32(28)30;1-14-12-20-15(2)10-11-19(21(20)13-14)18-9-5-7-16-6-3-4-8-17(16)18;1-3-2;;;/h1-21H;3-13H,1-2H3;3H,1-2H3;2*1H;/q;;;;;+2/p-2. The molecule has 4 heteroatoms. The summed E-state index contributed by atoms with van der Waals surface area (Å²) in [7, 11) is 18.2. The van der Waals surface area contributed by atoms with E-state index in [9.17, 15) is 0 Å². The fourth-order valence-electron chi connectivity index (χ4n) is 11.3. The van der Waals surface area contributed by atoms with E-state index >= 15 is 0 Å². The van der Waals surface area contributed by atoms with Crippen LogP contribution in [0.15, 0.2) is 175 Å². The van der Waals surface area contributed by atoms with Gasteiger partial charge in [0.15, 0.2) is 0 Å². The molecule has 11 rings (SSSR count). The molecule has 2 unspecified atom stereocenters. The van der Waals surface area contributed by atoms with Gasteiger partial charge < -0.3 is 0 Å². The Morgan fingerprint density at radius 2 is 0.933 bits per heavy atom. The zero-order chi connectivity index (χ0) is 40.9. The second-order valence-electron chi connectivity index (χ2n) is 17.5. The SMILES string of the molecule is CC1=Cc2c(-c3cccc4ccccc34)ccc(C)c2[CH]1[Zr]([Cl])([Cl])([CH]1C(c2cccc3c2ccc2ccccc23)=Cc2c(-c3cccc4ccccc34)cccc21)[SiH](C)C. The van der Waals surface area contributed by atoms with E-state index in [1.165, 1.54) is 110 Å². The van der Waals surface area contributed by atoms with Crippen molar-refractivity contribution in [3.8, 4) is 22.3 Å². The second kappa shape index (κ2) is 14.1. The van der Waals surface area contributed by atoms with Gasteiger partial charge in [0.1, 0.15) is 0 Å². The van der Waals surface area contributed by atoms with Gasteiger partial charge in [0.25, 0.3) is 0 Å². The van der Waals surface area contributed by atoms with E-state index in [4.69, 9.17) is 17.0 Å². The van der Waals surface area contributed by atoms with E-state index in [1.54, 1.807) is 0 Å². The van der Waals surface area contributed by atoms with E-state index in [0.29, 0.717) is 0 Å². The summed E-state index contributed by atoms with van der Waals surface area (Å²) in [5, 5.41) is 10.0. The third-order valence-electron chi connectivity index (χ3n) is 14.1. The van der Waals surface area contributed by atoms with Gasteiger partial charge in [0.2, 0.25) is 0 Å². The van der Waals surface area contributed by atoms with Gasteiger partial charge in [-0.3, -0.25) is 0 Å². The predicted molar refractivity (Wildman–Crippen MR) is 263 cm³/mol. The van der Waals surface area contributed by atoms with Gasteiger partial charge in [0, 0.05) is 0 Å². The molecule has 0 aromatic heterocycles. The summed E-state index contributed by atoms with van der Waals surface area (Å²) in [5.74, 6) is -1.86. The predicted octanol–water partition coefficient (Wildman–Crippen LogP) is 16.7. The normalized spacial score (nSPS) is 16.9. The van der Waals surface area contributed by atoms with Gasteiger partial charge in [-0.2, -0.15) is 0 Å². The number of hydrogen-bond donors (Lipinski definition) is 0. The van der Waals surface area contributed by atoms with Crippen molar-refractivity contribution >= 4 is 83.8 Å². The minimum atomic E-state index is -5.25. The van der Waals surface area contributed by atoms with E-state index < -0.39 is 21.5 Å². The van der Waals surface area contributed by atoms with Crippen LogP contribution in [0.25, 0.3) is 83.1 Å². The molecule has 291 valence electrons. The molecule has 0 aliphatic heterocycles. The number of fused-ring (bicyclic) bond motifs is 7. The summed E-state index contributed by atoms with van der Waals surface area (Å²) >= 11 is -5.25. The molecule has 2 aliphatic rings. The van der Waals surface area contributed by atoms with E-state index in [-0.39, 0.29) is 7.25 Å². The molecule has 0 spiro atoms. The molecular formula is C56H45Cl2SiZr. The van der Waals surface area contributed by atoms with Gasteiger partial charge in [0.05, 0.1) is 0 Å². The number of aryl methyl sites for hydroxylation is 1. The van der Waals surface area contributed by atoms with Crippen LogP contribution in [0, 0.1) is 6.92 Å². The number of benzene rings is 9. The van der Waals surface area contributed by atoms with E-state index in [1.807, 2.05) is 0 Å². The summed E-state index contributed by atoms with van der Waals surface area (Å²) in [6.45, 7) is 9.52. The molecule has 2 aliphatic carbocycles. The topological polar surface area (TPSA) is 0 Å². The first-order chi connectivity index (χ1) is 29.1. The van der Waals surface area contributed by atoms with Gasteiger partial charge in [-0.05, 0) is 0 Å². The molecule has 9 aromatic carbocycles. The van der Waals surface area contributed by atoms with Crippen LogP contribution in [0.2, 0.25) is 13.1 Å². The Morgan fingerprint density at radius 1 is 0.417 bits per heavy atom. The van der Waals surface area contributed by atoms with Crippen LogP contribution in [0.4, 0.5) is 0 Å². The summed E-state index contributed by atoms with van der Waals surface area (Å²) in [4.78, 5) is 0. The van der Waals surface area contributed by atoms with Crippen molar-refractivity contribution in [2.75, 3.05) is 0 Å². The number of allylic oxidation sites excluding steroid dienone is 2. The first-order valence-corrected chi connectivity index (χ1v) is 37.6. The zero-order valence-electron chi connectivity index (χ0n) is 34.3.